The van der Waals surface area contributed by atoms with Crippen molar-refractivity contribution >= 4 is 12.0 Å². The van der Waals surface area contributed by atoms with Crippen LogP contribution < -0.4 is 5.32 Å². The monoisotopic (exact) mass is 272 g/mol. The quantitative estimate of drug-likeness (QED) is 0.712. The third-order valence-electron chi connectivity index (χ3n) is 3.79. The number of amides is 2. The zero-order valence-corrected chi connectivity index (χ0v) is 11.8. The molecule has 0 spiro atoms. The van der Waals surface area contributed by atoms with Crippen molar-refractivity contribution in [2.75, 3.05) is 19.7 Å². The molecule has 1 saturated heterocycles. The number of aliphatic carboxylic acids is 1. The second-order valence-electron chi connectivity index (χ2n) is 6.15. The number of aliphatic hydroxyl groups is 1. The van der Waals surface area contributed by atoms with Gasteiger partial charge in [-0.3, -0.25) is 0 Å². The van der Waals surface area contributed by atoms with Crippen LogP contribution in [0.1, 0.15) is 33.6 Å². The maximum Gasteiger partial charge on any atom is 0.328 e. The lowest BCUT2D eigenvalue weighted by molar-refractivity contribution is -0.140. The van der Waals surface area contributed by atoms with Crippen molar-refractivity contribution in [1.29, 1.82) is 0 Å². The summed E-state index contributed by atoms with van der Waals surface area (Å²) in [5.74, 6) is -0.648. The van der Waals surface area contributed by atoms with E-state index in [1.807, 2.05) is 0 Å². The predicted molar refractivity (Wildman–Crippen MR) is 70.8 cm³/mol. The number of hydrogen-bond donors (Lipinski definition) is 3. The van der Waals surface area contributed by atoms with Gasteiger partial charge in [0.05, 0.1) is 6.61 Å². The smallest absolute Gasteiger partial charge is 0.328 e. The number of nitrogens with one attached hydrogen (secondary N) is 1. The van der Waals surface area contributed by atoms with E-state index in [4.69, 9.17) is 10.2 Å². The maximum atomic E-state index is 11.9. The average Bonchev–Trinajstić information content (AvgIpc) is 2.34. The van der Waals surface area contributed by atoms with Gasteiger partial charge in [-0.2, -0.15) is 0 Å². The van der Waals surface area contributed by atoms with Gasteiger partial charge in [0.15, 0.2) is 6.04 Å². The normalized spacial score (nSPS) is 19.1. The number of piperidine rings is 1. The molecule has 3 N–H and O–H groups in total. The summed E-state index contributed by atoms with van der Waals surface area (Å²) in [7, 11) is 0. The summed E-state index contributed by atoms with van der Waals surface area (Å²) >= 11 is 0. The second-order valence-corrected chi connectivity index (χ2v) is 6.15. The minimum absolute atomic E-state index is 0.233. The van der Waals surface area contributed by atoms with Gasteiger partial charge < -0.3 is 20.4 Å². The highest BCUT2D eigenvalue weighted by Gasteiger charge is 2.31. The number of carbonyl (C=O) groups is 2. The molecule has 0 bridgehead atoms. The minimum Gasteiger partial charge on any atom is -0.480 e. The van der Waals surface area contributed by atoms with Gasteiger partial charge in [0.1, 0.15) is 0 Å². The van der Waals surface area contributed by atoms with E-state index in [-0.39, 0.29) is 5.41 Å². The molecule has 1 aliphatic rings. The molecule has 0 saturated carbocycles. The van der Waals surface area contributed by atoms with Crippen LogP contribution in [0.25, 0.3) is 0 Å². The van der Waals surface area contributed by atoms with Crippen LogP contribution in [0.4, 0.5) is 4.79 Å². The average molecular weight is 272 g/mol. The fourth-order valence-corrected chi connectivity index (χ4v) is 2.37. The largest absolute Gasteiger partial charge is 0.480 e. The van der Waals surface area contributed by atoms with E-state index in [0.717, 1.165) is 12.8 Å². The molecule has 0 aromatic rings. The number of carbonyl (C=O) groups excluding carboxylic acids is 1. The first-order chi connectivity index (χ1) is 8.75. The number of hydrogen-bond acceptors (Lipinski definition) is 3. The van der Waals surface area contributed by atoms with Gasteiger partial charge in [-0.05, 0) is 24.2 Å². The van der Waals surface area contributed by atoms with Gasteiger partial charge in [-0.15, -0.1) is 0 Å². The highest BCUT2D eigenvalue weighted by atomic mass is 16.4. The number of aliphatic hydroxyl groups excluding tert-OH is 1. The summed E-state index contributed by atoms with van der Waals surface area (Å²) in [4.78, 5) is 24.2. The maximum absolute atomic E-state index is 11.9. The predicted octanol–water partition coefficient (Wildman–Crippen LogP) is 0.900. The van der Waals surface area contributed by atoms with E-state index in [1.165, 1.54) is 0 Å². The van der Waals surface area contributed by atoms with Crippen molar-refractivity contribution in [2.45, 2.75) is 39.7 Å². The molecule has 1 heterocycles. The second kappa shape index (κ2) is 6.23. The Balaban J connectivity index is 2.47. The zero-order chi connectivity index (χ0) is 14.6. The number of carboxylic acid groups (broad SMARTS) is 1. The summed E-state index contributed by atoms with van der Waals surface area (Å²) < 4.78 is 0. The first-order valence-corrected chi connectivity index (χ1v) is 6.64. The van der Waals surface area contributed by atoms with Gasteiger partial charge in [0.25, 0.3) is 0 Å². The molecule has 110 valence electrons. The van der Waals surface area contributed by atoms with Gasteiger partial charge in [0.2, 0.25) is 0 Å². The standard InChI is InChI=1S/C13H24N2O4/c1-13(2,3)9-4-6-15(7-5-9)12(19)14-10(8-16)11(17)18/h9-10,16H,4-8H2,1-3H3,(H,14,19)(H,17,18)/t10-/m1/s1. The molecule has 2 amide bonds. The first kappa shape index (κ1) is 15.8. The van der Waals surface area contributed by atoms with Crippen LogP contribution in [0.15, 0.2) is 0 Å². The molecule has 1 atom stereocenters. The molecule has 6 nitrogen and oxygen atoms in total. The lowest BCUT2D eigenvalue weighted by atomic mass is 9.75. The molecule has 0 radical (unpaired) electrons. The molecule has 0 aromatic carbocycles. The number of rotatable bonds is 3. The van der Waals surface area contributed by atoms with E-state index >= 15 is 0 Å². The number of likely N-dealkylation sites (tertiary alicyclic amines) is 1. The third kappa shape index (κ3) is 4.38. The summed E-state index contributed by atoms with van der Waals surface area (Å²) in [5.41, 5.74) is 0.233. The van der Waals surface area contributed by atoms with Crippen molar-refractivity contribution in [2.24, 2.45) is 11.3 Å². The first-order valence-electron chi connectivity index (χ1n) is 6.64. The molecule has 0 aromatic heterocycles. The Morgan fingerprint density at radius 1 is 1.32 bits per heavy atom. The van der Waals surface area contributed by atoms with Gasteiger partial charge in [-0.1, -0.05) is 20.8 Å². The summed E-state index contributed by atoms with van der Waals surface area (Å²) in [5, 5.41) is 20.0. The van der Waals surface area contributed by atoms with Crippen molar-refractivity contribution in [3.05, 3.63) is 0 Å². The van der Waals surface area contributed by atoms with Crippen molar-refractivity contribution in [3.63, 3.8) is 0 Å². The Kier molecular flexibility index (Phi) is 5.17. The van der Waals surface area contributed by atoms with E-state index in [2.05, 4.69) is 26.1 Å². The Bertz CT molecular complexity index is 330. The van der Waals surface area contributed by atoms with Gasteiger partial charge in [-0.25, -0.2) is 9.59 Å². The fraction of sp³-hybridized carbons (Fsp3) is 0.846. The van der Waals surface area contributed by atoms with Crippen LogP contribution in [0.2, 0.25) is 0 Å². The Hall–Kier alpha value is -1.30. The van der Waals surface area contributed by atoms with Crippen LogP contribution in [-0.4, -0.2) is 52.9 Å². The topological polar surface area (TPSA) is 89.9 Å². The molecule has 0 aliphatic carbocycles. The molecule has 19 heavy (non-hydrogen) atoms. The van der Waals surface area contributed by atoms with Gasteiger partial charge >= 0.3 is 12.0 Å². The lowest BCUT2D eigenvalue weighted by Gasteiger charge is -2.38. The van der Waals surface area contributed by atoms with E-state index in [9.17, 15) is 9.59 Å². The van der Waals surface area contributed by atoms with Crippen molar-refractivity contribution in [3.8, 4) is 0 Å². The number of nitrogens with zero attached hydrogens (tertiary/aromatic N) is 1. The molecule has 0 unspecified atom stereocenters. The van der Waals surface area contributed by atoms with Crippen LogP contribution in [0, 0.1) is 11.3 Å². The Morgan fingerprint density at radius 3 is 2.21 bits per heavy atom. The Labute approximate surface area is 113 Å². The summed E-state index contributed by atoms with van der Waals surface area (Å²) in [6, 6.07) is -1.64. The SMILES string of the molecule is CC(C)(C)C1CCN(C(=O)N[C@H](CO)C(=O)O)CC1. The molecular formula is C13H24N2O4. The molecule has 6 heteroatoms. The highest BCUT2D eigenvalue weighted by molar-refractivity contribution is 5.82. The minimum atomic E-state index is -1.23. The third-order valence-corrected chi connectivity index (χ3v) is 3.79. The molecule has 1 rings (SSSR count). The van der Waals surface area contributed by atoms with E-state index < -0.39 is 24.6 Å². The lowest BCUT2D eigenvalue weighted by Crippen LogP contribution is -2.52. The van der Waals surface area contributed by atoms with Crippen molar-refractivity contribution in [1.82, 2.24) is 10.2 Å². The van der Waals surface area contributed by atoms with E-state index in [1.54, 1.807) is 4.90 Å². The summed E-state index contributed by atoms with van der Waals surface area (Å²) in [6.07, 6.45) is 1.85. The fourth-order valence-electron chi connectivity index (χ4n) is 2.37. The summed E-state index contributed by atoms with van der Waals surface area (Å²) in [6.45, 7) is 7.25. The van der Waals surface area contributed by atoms with Crippen molar-refractivity contribution < 1.29 is 19.8 Å². The van der Waals surface area contributed by atoms with Gasteiger partial charge in [0, 0.05) is 13.1 Å². The van der Waals surface area contributed by atoms with Crippen LogP contribution in [0.3, 0.4) is 0 Å². The number of urea groups is 1. The Morgan fingerprint density at radius 2 is 1.84 bits per heavy atom. The van der Waals surface area contributed by atoms with Crippen LogP contribution >= 0.6 is 0 Å². The van der Waals surface area contributed by atoms with Crippen LogP contribution in [0.5, 0.6) is 0 Å². The number of carboxylic acids is 1. The van der Waals surface area contributed by atoms with E-state index in [0.29, 0.717) is 19.0 Å². The zero-order valence-electron chi connectivity index (χ0n) is 11.8. The molecule has 1 aliphatic heterocycles. The molecule has 1 fully saturated rings. The highest BCUT2D eigenvalue weighted by Crippen LogP contribution is 2.34. The van der Waals surface area contributed by atoms with Crippen LogP contribution in [-0.2, 0) is 4.79 Å². The molecular weight excluding hydrogens is 248 g/mol.